The number of carbonyl (C=O) groups excluding carboxylic acids is 1. The summed E-state index contributed by atoms with van der Waals surface area (Å²) in [5.74, 6) is -1.77. The van der Waals surface area contributed by atoms with E-state index in [9.17, 15) is 14.7 Å². The lowest BCUT2D eigenvalue weighted by molar-refractivity contribution is -0.139. The molecule has 0 aliphatic heterocycles. The Morgan fingerprint density at radius 3 is 2.27 bits per heavy atom. The van der Waals surface area contributed by atoms with Gasteiger partial charge in [-0.3, -0.25) is 4.79 Å². The summed E-state index contributed by atoms with van der Waals surface area (Å²) in [6.07, 6.45) is 1.49. The van der Waals surface area contributed by atoms with Crippen LogP contribution in [0, 0.1) is 0 Å². The van der Waals surface area contributed by atoms with E-state index in [1.54, 1.807) is 4.68 Å². The monoisotopic (exact) mass is 574 g/mol. The molecule has 0 bridgehead atoms. The van der Waals surface area contributed by atoms with E-state index in [1.807, 2.05) is 84.9 Å². The van der Waals surface area contributed by atoms with Crippen LogP contribution in [0.3, 0.4) is 0 Å². The lowest BCUT2D eigenvalue weighted by atomic mass is 10.0. The predicted molar refractivity (Wildman–Crippen MR) is 146 cm³/mol. The molecule has 9 heteroatoms. The van der Waals surface area contributed by atoms with Crippen LogP contribution in [-0.4, -0.2) is 37.8 Å². The molecule has 2 N–H and O–H groups in total. The van der Waals surface area contributed by atoms with Gasteiger partial charge < -0.3 is 10.4 Å². The molecule has 5 rings (SSSR count). The van der Waals surface area contributed by atoms with Crippen molar-refractivity contribution < 1.29 is 14.7 Å². The first-order valence-electron chi connectivity index (χ1n) is 11.4. The molecule has 37 heavy (non-hydrogen) atoms. The first-order chi connectivity index (χ1) is 17.9. The normalized spacial score (nSPS) is 11.8. The average Bonchev–Trinajstić information content (AvgIpc) is 3.30. The Morgan fingerprint density at radius 2 is 1.62 bits per heavy atom. The van der Waals surface area contributed by atoms with Crippen LogP contribution in [0.2, 0.25) is 5.02 Å². The van der Waals surface area contributed by atoms with Gasteiger partial charge >= 0.3 is 5.97 Å². The molecule has 2 heterocycles. The first-order valence-corrected chi connectivity index (χ1v) is 12.6. The van der Waals surface area contributed by atoms with E-state index in [-0.39, 0.29) is 17.0 Å². The smallest absolute Gasteiger partial charge is 0.326 e. The number of carboxylic acids is 1. The second kappa shape index (κ2) is 10.5. The molecular weight excluding hydrogens is 556 g/mol. The number of pyridine rings is 1. The molecule has 0 saturated heterocycles. The number of fused-ring (bicyclic) bond motifs is 1. The molecule has 7 nitrogen and oxygen atoms in total. The molecule has 3 aromatic carbocycles. The Hall–Kier alpha value is -4.01. The molecule has 0 fully saturated rings. The highest BCUT2D eigenvalue weighted by atomic mass is 79.9. The van der Waals surface area contributed by atoms with E-state index in [4.69, 9.17) is 16.7 Å². The fraction of sp³-hybridized carbons (Fsp3) is 0.0714. The SMILES string of the molecule is O=C(NC(Cc1ccccc1)C(=O)O)c1cnc2c(c(-c3ccc(Br)cc3)nn2-c2ccccc2)c1Cl. The van der Waals surface area contributed by atoms with Crippen molar-refractivity contribution in [3.8, 4) is 16.9 Å². The molecule has 0 aliphatic carbocycles. The van der Waals surface area contributed by atoms with Crippen LogP contribution in [0.25, 0.3) is 28.0 Å². The zero-order chi connectivity index (χ0) is 25.9. The van der Waals surface area contributed by atoms with Gasteiger partial charge in [0, 0.05) is 22.7 Å². The quantitative estimate of drug-likeness (QED) is 0.251. The van der Waals surface area contributed by atoms with Crippen LogP contribution in [0.5, 0.6) is 0 Å². The van der Waals surface area contributed by atoms with Crippen LogP contribution in [0.1, 0.15) is 15.9 Å². The van der Waals surface area contributed by atoms with Crippen molar-refractivity contribution in [2.24, 2.45) is 0 Å². The number of aliphatic carboxylic acids is 1. The van der Waals surface area contributed by atoms with Gasteiger partial charge in [-0.2, -0.15) is 5.10 Å². The minimum Gasteiger partial charge on any atom is -0.480 e. The van der Waals surface area contributed by atoms with Crippen molar-refractivity contribution in [2.45, 2.75) is 12.5 Å². The van der Waals surface area contributed by atoms with Crippen molar-refractivity contribution in [3.05, 3.63) is 112 Å². The molecule has 1 amide bonds. The highest BCUT2D eigenvalue weighted by molar-refractivity contribution is 9.10. The van der Waals surface area contributed by atoms with E-state index in [0.717, 1.165) is 21.3 Å². The van der Waals surface area contributed by atoms with Crippen molar-refractivity contribution >= 4 is 50.4 Å². The summed E-state index contributed by atoms with van der Waals surface area (Å²) in [5, 5.41) is 17.8. The number of para-hydroxylation sites is 1. The van der Waals surface area contributed by atoms with Crippen molar-refractivity contribution in [2.75, 3.05) is 0 Å². The van der Waals surface area contributed by atoms with E-state index < -0.39 is 17.9 Å². The number of carbonyl (C=O) groups is 2. The number of aromatic nitrogens is 3. The third-order valence-electron chi connectivity index (χ3n) is 5.88. The molecule has 5 aromatic rings. The summed E-state index contributed by atoms with van der Waals surface area (Å²) in [7, 11) is 0. The molecule has 1 unspecified atom stereocenters. The number of hydrogen-bond acceptors (Lipinski definition) is 4. The van der Waals surface area contributed by atoms with Gasteiger partial charge in [0.15, 0.2) is 5.65 Å². The van der Waals surface area contributed by atoms with Crippen LogP contribution < -0.4 is 5.32 Å². The molecule has 0 spiro atoms. The summed E-state index contributed by atoms with van der Waals surface area (Å²) in [4.78, 5) is 29.7. The van der Waals surface area contributed by atoms with Crippen LogP contribution in [-0.2, 0) is 11.2 Å². The first kappa shape index (κ1) is 24.7. The molecule has 0 saturated carbocycles. The highest BCUT2D eigenvalue weighted by Crippen LogP contribution is 2.36. The predicted octanol–water partition coefficient (Wildman–Crippen LogP) is 5.93. The maximum absolute atomic E-state index is 13.3. The Balaban J connectivity index is 1.58. The van der Waals surface area contributed by atoms with Gasteiger partial charge in [0.1, 0.15) is 11.7 Å². The van der Waals surface area contributed by atoms with Crippen LogP contribution in [0.15, 0.2) is 95.6 Å². The standard InChI is InChI=1S/C28H20BrClN4O3/c29-19-13-11-18(12-14-19)25-23-24(30)21(16-31-26(23)34(33-25)20-9-5-2-6-10-20)27(35)32-22(28(36)37)15-17-7-3-1-4-8-17/h1-14,16,22H,15H2,(H,32,35)(H,36,37). The molecule has 1 atom stereocenters. The topological polar surface area (TPSA) is 97.1 Å². The van der Waals surface area contributed by atoms with Crippen LogP contribution >= 0.6 is 27.5 Å². The maximum Gasteiger partial charge on any atom is 0.326 e. The van der Waals surface area contributed by atoms with E-state index in [2.05, 4.69) is 26.2 Å². The molecule has 0 radical (unpaired) electrons. The average molecular weight is 576 g/mol. The minimum atomic E-state index is -1.14. The lowest BCUT2D eigenvalue weighted by Gasteiger charge is -2.15. The second-order valence-corrected chi connectivity index (χ2v) is 9.63. The summed E-state index contributed by atoms with van der Waals surface area (Å²) < 4.78 is 2.58. The largest absolute Gasteiger partial charge is 0.480 e. The number of nitrogens with one attached hydrogen (secondary N) is 1. The van der Waals surface area contributed by atoms with Gasteiger partial charge in [-0.15, -0.1) is 0 Å². The lowest BCUT2D eigenvalue weighted by Crippen LogP contribution is -2.42. The third kappa shape index (κ3) is 5.12. The molecule has 0 aliphatic rings. The highest BCUT2D eigenvalue weighted by Gasteiger charge is 2.26. The number of benzene rings is 3. The fourth-order valence-electron chi connectivity index (χ4n) is 4.05. The number of hydrogen-bond donors (Lipinski definition) is 2. The van der Waals surface area contributed by atoms with Crippen LogP contribution in [0.4, 0.5) is 0 Å². The summed E-state index contributed by atoms with van der Waals surface area (Å²) in [6, 6.07) is 25.0. The minimum absolute atomic E-state index is 0.0689. The fourth-order valence-corrected chi connectivity index (χ4v) is 4.62. The number of carboxylic acid groups (broad SMARTS) is 1. The summed E-state index contributed by atoms with van der Waals surface area (Å²) in [6.45, 7) is 0. The second-order valence-electron chi connectivity index (χ2n) is 8.34. The summed E-state index contributed by atoms with van der Waals surface area (Å²) in [5.41, 5.74) is 3.46. The van der Waals surface area contributed by atoms with Crippen molar-refractivity contribution in [1.29, 1.82) is 0 Å². The zero-order valence-corrected chi connectivity index (χ0v) is 21.6. The van der Waals surface area contributed by atoms with Gasteiger partial charge in [-0.25, -0.2) is 14.5 Å². The Labute approximate surface area is 225 Å². The van der Waals surface area contributed by atoms with Gasteiger partial charge in [0.05, 0.1) is 21.7 Å². The Kier molecular flexibility index (Phi) is 7.03. The number of amides is 1. The Morgan fingerprint density at radius 1 is 0.973 bits per heavy atom. The van der Waals surface area contributed by atoms with Gasteiger partial charge in [0.2, 0.25) is 0 Å². The third-order valence-corrected chi connectivity index (χ3v) is 6.80. The number of halogens is 2. The van der Waals surface area contributed by atoms with E-state index in [1.165, 1.54) is 6.20 Å². The molecular formula is C28H20BrClN4O3. The zero-order valence-electron chi connectivity index (χ0n) is 19.3. The van der Waals surface area contributed by atoms with Gasteiger partial charge in [-0.1, -0.05) is 88.2 Å². The van der Waals surface area contributed by atoms with E-state index in [0.29, 0.717) is 16.7 Å². The van der Waals surface area contributed by atoms with Gasteiger partial charge in [-0.05, 0) is 29.8 Å². The molecule has 184 valence electrons. The Bertz CT molecular complexity index is 1590. The summed E-state index contributed by atoms with van der Waals surface area (Å²) >= 11 is 10.3. The number of rotatable bonds is 7. The van der Waals surface area contributed by atoms with Crippen molar-refractivity contribution in [3.63, 3.8) is 0 Å². The van der Waals surface area contributed by atoms with E-state index >= 15 is 0 Å². The van der Waals surface area contributed by atoms with Crippen molar-refractivity contribution in [1.82, 2.24) is 20.1 Å². The molecule has 2 aromatic heterocycles. The maximum atomic E-state index is 13.3. The van der Waals surface area contributed by atoms with Gasteiger partial charge in [0.25, 0.3) is 5.91 Å². The number of nitrogens with zero attached hydrogens (tertiary/aromatic N) is 3.